The van der Waals surface area contributed by atoms with Gasteiger partial charge in [0, 0.05) is 18.8 Å². The van der Waals surface area contributed by atoms with Crippen LogP contribution in [-0.2, 0) is 4.74 Å². The van der Waals surface area contributed by atoms with Crippen LogP contribution in [0.15, 0.2) is 24.3 Å². The van der Waals surface area contributed by atoms with E-state index >= 15 is 0 Å². The van der Waals surface area contributed by atoms with Crippen molar-refractivity contribution in [3.05, 3.63) is 29.8 Å². The summed E-state index contributed by atoms with van der Waals surface area (Å²) in [6, 6.07) is 7.33. The van der Waals surface area contributed by atoms with Gasteiger partial charge in [-0.2, -0.15) is 0 Å². The third-order valence-corrected chi connectivity index (χ3v) is 3.09. The predicted octanol–water partition coefficient (Wildman–Crippen LogP) is 2.69. The normalized spacial score (nSPS) is 16.8. The standard InChI is InChI=1S/C14H18O3/c1-11(15)13-2-4-14(5-3-13)17-10-12-6-8-16-9-7-12/h2-5,12H,6-10H2,1H3. The van der Waals surface area contributed by atoms with Crippen molar-refractivity contribution >= 4 is 5.78 Å². The van der Waals surface area contributed by atoms with Crippen LogP contribution < -0.4 is 4.74 Å². The number of benzene rings is 1. The van der Waals surface area contributed by atoms with Gasteiger partial charge in [0.2, 0.25) is 0 Å². The molecule has 1 fully saturated rings. The number of ketones is 1. The fourth-order valence-corrected chi connectivity index (χ4v) is 1.91. The van der Waals surface area contributed by atoms with Crippen molar-refractivity contribution in [2.75, 3.05) is 19.8 Å². The summed E-state index contributed by atoms with van der Waals surface area (Å²) in [6.45, 7) is 4.00. The summed E-state index contributed by atoms with van der Waals surface area (Å²) >= 11 is 0. The fourth-order valence-electron chi connectivity index (χ4n) is 1.91. The quantitative estimate of drug-likeness (QED) is 0.751. The summed E-state index contributed by atoms with van der Waals surface area (Å²) in [7, 11) is 0. The van der Waals surface area contributed by atoms with Gasteiger partial charge in [0.1, 0.15) is 5.75 Å². The van der Waals surface area contributed by atoms with E-state index in [2.05, 4.69) is 0 Å². The Bertz CT molecular complexity index is 364. The molecule has 3 heteroatoms. The minimum atomic E-state index is 0.0842. The largest absolute Gasteiger partial charge is 0.493 e. The van der Waals surface area contributed by atoms with Crippen LogP contribution in [0.4, 0.5) is 0 Å². The minimum Gasteiger partial charge on any atom is -0.493 e. The Morgan fingerprint density at radius 2 is 1.94 bits per heavy atom. The number of Topliss-reactive ketones (excluding diaryl/α,β-unsaturated/α-hetero) is 1. The first-order valence-corrected chi connectivity index (χ1v) is 6.07. The lowest BCUT2D eigenvalue weighted by atomic mass is 10.0. The van der Waals surface area contributed by atoms with Gasteiger partial charge >= 0.3 is 0 Å². The molecule has 17 heavy (non-hydrogen) atoms. The van der Waals surface area contributed by atoms with Gasteiger partial charge in [-0.3, -0.25) is 4.79 Å². The second-order valence-corrected chi connectivity index (χ2v) is 4.45. The Labute approximate surface area is 102 Å². The Balaban J connectivity index is 1.84. The number of ether oxygens (including phenoxy) is 2. The summed E-state index contributed by atoms with van der Waals surface area (Å²) in [5.74, 6) is 1.51. The van der Waals surface area contributed by atoms with Gasteiger partial charge in [-0.1, -0.05) is 0 Å². The molecule has 0 amide bonds. The lowest BCUT2D eigenvalue weighted by Crippen LogP contribution is -2.21. The highest BCUT2D eigenvalue weighted by Crippen LogP contribution is 2.18. The maximum atomic E-state index is 11.1. The van der Waals surface area contributed by atoms with E-state index in [0.717, 1.165) is 44.0 Å². The Hall–Kier alpha value is -1.35. The highest BCUT2D eigenvalue weighted by molar-refractivity contribution is 5.94. The van der Waals surface area contributed by atoms with Crippen LogP contribution in [0.3, 0.4) is 0 Å². The number of hydrogen-bond donors (Lipinski definition) is 0. The first kappa shape index (κ1) is 12.1. The SMILES string of the molecule is CC(=O)c1ccc(OCC2CCOCC2)cc1. The maximum Gasteiger partial charge on any atom is 0.159 e. The van der Waals surface area contributed by atoms with Crippen molar-refractivity contribution in [1.82, 2.24) is 0 Å². The molecule has 0 radical (unpaired) electrons. The van der Waals surface area contributed by atoms with E-state index in [1.165, 1.54) is 0 Å². The van der Waals surface area contributed by atoms with E-state index in [0.29, 0.717) is 5.92 Å². The second-order valence-electron chi connectivity index (χ2n) is 4.45. The average Bonchev–Trinajstić information content (AvgIpc) is 2.38. The molecule has 0 bridgehead atoms. The Morgan fingerprint density at radius 3 is 2.53 bits per heavy atom. The van der Waals surface area contributed by atoms with Gasteiger partial charge in [0.05, 0.1) is 6.61 Å². The molecular formula is C14H18O3. The molecule has 0 aliphatic carbocycles. The van der Waals surface area contributed by atoms with Gasteiger partial charge < -0.3 is 9.47 Å². The summed E-state index contributed by atoms with van der Waals surface area (Å²) in [4.78, 5) is 11.1. The molecule has 0 unspecified atom stereocenters. The molecule has 0 saturated carbocycles. The van der Waals surface area contributed by atoms with Crippen LogP contribution in [0.25, 0.3) is 0 Å². The summed E-state index contributed by atoms with van der Waals surface area (Å²) < 4.78 is 11.0. The molecule has 1 aliphatic rings. The van der Waals surface area contributed by atoms with Gasteiger partial charge in [-0.25, -0.2) is 0 Å². The van der Waals surface area contributed by atoms with Crippen molar-refractivity contribution in [3.8, 4) is 5.75 Å². The van der Waals surface area contributed by atoms with Crippen molar-refractivity contribution in [1.29, 1.82) is 0 Å². The molecule has 1 aromatic carbocycles. The zero-order valence-corrected chi connectivity index (χ0v) is 10.1. The van der Waals surface area contributed by atoms with E-state index in [9.17, 15) is 4.79 Å². The van der Waals surface area contributed by atoms with Crippen LogP contribution in [0, 0.1) is 5.92 Å². The van der Waals surface area contributed by atoms with E-state index in [1.54, 1.807) is 6.92 Å². The molecule has 3 nitrogen and oxygen atoms in total. The molecule has 0 spiro atoms. The van der Waals surface area contributed by atoms with Crippen LogP contribution in [0.2, 0.25) is 0 Å². The number of carbonyl (C=O) groups excluding carboxylic acids is 1. The molecule has 0 N–H and O–H groups in total. The highest BCUT2D eigenvalue weighted by Gasteiger charge is 2.14. The first-order valence-electron chi connectivity index (χ1n) is 6.07. The van der Waals surface area contributed by atoms with Crippen LogP contribution in [0.1, 0.15) is 30.1 Å². The first-order chi connectivity index (χ1) is 8.25. The van der Waals surface area contributed by atoms with Crippen LogP contribution >= 0.6 is 0 Å². The molecule has 1 aromatic rings. The van der Waals surface area contributed by atoms with Crippen molar-refractivity contribution in [2.45, 2.75) is 19.8 Å². The smallest absolute Gasteiger partial charge is 0.159 e. The van der Waals surface area contributed by atoms with E-state index < -0.39 is 0 Å². The van der Waals surface area contributed by atoms with Crippen molar-refractivity contribution in [2.24, 2.45) is 5.92 Å². The van der Waals surface area contributed by atoms with Gasteiger partial charge in [0.15, 0.2) is 5.78 Å². The van der Waals surface area contributed by atoms with Crippen molar-refractivity contribution < 1.29 is 14.3 Å². The highest BCUT2D eigenvalue weighted by atomic mass is 16.5. The molecule has 1 saturated heterocycles. The Kier molecular flexibility index (Phi) is 4.15. The van der Waals surface area contributed by atoms with Gasteiger partial charge in [-0.15, -0.1) is 0 Å². The Morgan fingerprint density at radius 1 is 1.29 bits per heavy atom. The molecular weight excluding hydrogens is 216 g/mol. The summed E-state index contributed by atoms with van der Waals surface area (Å²) in [6.07, 6.45) is 2.15. The minimum absolute atomic E-state index is 0.0842. The zero-order valence-electron chi connectivity index (χ0n) is 10.1. The predicted molar refractivity (Wildman–Crippen MR) is 65.5 cm³/mol. The van der Waals surface area contributed by atoms with Gasteiger partial charge in [0.25, 0.3) is 0 Å². The maximum absolute atomic E-state index is 11.1. The topological polar surface area (TPSA) is 35.5 Å². The molecule has 0 aromatic heterocycles. The second kappa shape index (κ2) is 5.82. The van der Waals surface area contributed by atoms with Crippen LogP contribution in [0.5, 0.6) is 5.75 Å². The van der Waals surface area contributed by atoms with E-state index in [-0.39, 0.29) is 5.78 Å². The lowest BCUT2D eigenvalue weighted by Gasteiger charge is -2.22. The van der Waals surface area contributed by atoms with Crippen LogP contribution in [-0.4, -0.2) is 25.6 Å². The number of hydrogen-bond acceptors (Lipinski definition) is 3. The molecule has 0 atom stereocenters. The molecule has 1 aliphatic heterocycles. The van der Waals surface area contributed by atoms with Crippen molar-refractivity contribution in [3.63, 3.8) is 0 Å². The molecule has 2 rings (SSSR count). The third kappa shape index (κ3) is 3.56. The average molecular weight is 234 g/mol. The lowest BCUT2D eigenvalue weighted by molar-refractivity contribution is 0.0497. The summed E-state index contributed by atoms with van der Waals surface area (Å²) in [5, 5.41) is 0. The molecule has 92 valence electrons. The number of carbonyl (C=O) groups is 1. The molecule has 1 heterocycles. The van der Waals surface area contributed by atoms with E-state index in [4.69, 9.17) is 9.47 Å². The third-order valence-electron chi connectivity index (χ3n) is 3.09. The summed E-state index contributed by atoms with van der Waals surface area (Å²) in [5.41, 5.74) is 0.725. The fraction of sp³-hybridized carbons (Fsp3) is 0.500. The monoisotopic (exact) mass is 234 g/mol. The number of rotatable bonds is 4. The zero-order chi connectivity index (χ0) is 12.1. The van der Waals surface area contributed by atoms with E-state index in [1.807, 2.05) is 24.3 Å². The van der Waals surface area contributed by atoms with Gasteiger partial charge in [-0.05, 0) is 49.9 Å².